The van der Waals surface area contributed by atoms with Crippen molar-refractivity contribution in [2.45, 2.75) is 23.7 Å². The Kier molecular flexibility index (Phi) is 7.36. The number of aromatic nitrogens is 1. The lowest BCUT2D eigenvalue weighted by atomic mass is 9.66. The maximum absolute atomic E-state index is 12.2. The van der Waals surface area contributed by atoms with Crippen LogP contribution in [0.4, 0.5) is 0 Å². The van der Waals surface area contributed by atoms with Crippen LogP contribution in [0.25, 0.3) is 11.1 Å². The molecular weight excluding hydrogens is 510 g/mol. The Hall–Kier alpha value is -3.72. The van der Waals surface area contributed by atoms with Crippen molar-refractivity contribution >= 4 is 27.8 Å². The third-order valence-corrected chi connectivity index (χ3v) is 7.76. The third-order valence-electron chi connectivity index (χ3n) is 6.60. The van der Waals surface area contributed by atoms with E-state index >= 15 is 0 Å². The molecule has 0 aliphatic carbocycles. The van der Waals surface area contributed by atoms with E-state index in [9.17, 15) is 18.4 Å². The molecule has 0 saturated heterocycles. The summed E-state index contributed by atoms with van der Waals surface area (Å²) in [5.41, 5.74) is 4.39. The van der Waals surface area contributed by atoms with E-state index in [4.69, 9.17) is 16.7 Å². The Balaban J connectivity index is 1.93. The van der Waals surface area contributed by atoms with Gasteiger partial charge < -0.3 is 9.77 Å². The number of sulfonamides is 1. The molecule has 0 spiro atoms. The minimum atomic E-state index is -3.78. The summed E-state index contributed by atoms with van der Waals surface area (Å²) in [5, 5.41) is 18.5. The van der Waals surface area contributed by atoms with Gasteiger partial charge in [-0.25, -0.2) is 13.6 Å². The van der Waals surface area contributed by atoms with E-state index < -0.39 is 15.4 Å². The van der Waals surface area contributed by atoms with Crippen LogP contribution in [-0.4, -0.2) is 24.4 Å². The highest BCUT2D eigenvalue weighted by molar-refractivity contribution is 7.89. The highest BCUT2D eigenvalue weighted by Crippen LogP contribution is 2.44. The van der Waals surface area contributed by atoms with Gasteiger partial charge in [0, 0.05) is 37.0 Å². The predicted molar refractivity (Wildman–Crippen MR) is 146 cm³/mol. The molecule has 0 bridgehead atoms. The molecule has 190 valence electrons. The van der Waals surface area contributed by atoms with Crippen molar-refractivity contribution in [2.75, 3.05) is 0 Å². The quantitative estimate of drug-likeness (QED) is 0.200. The van der Waals surface area contributed by atoms with Crippen LogP contribution in [0.1, 0.15) is 28.7 Å². The number of pyridine rings is 1. The average Bonchev–Trinajstić information content (AvgIpc) is 2.87. The van der Waals surface area contributed by atoms with E-state index in [1.54, 1.807) is 31.4 Å². The molecule has 3 N–H and O–H groups in total. The fourth-order valence-corrected chi connectivity index (χ4v) is 5.48. The predicted octanol–water partition coefficient (Wildman–Crippen LogP) is 4.85. The number of oxime groups is 1. The van der Waals surface area contributed by atoms with Crippen LogP contribution in [0.3, 0.4) is 0 Å². The summed E-state index contributed by atoms with van der Waals surface area (Å²) in [7, 11) is -2.08. The van der Waals surface area contributed by atoms with Gasteiger partial charge in [-0.05, 0) is 64.6 Å². The Labute approximate surface area is 220 Å². The van der Waals surface area contributed by atoms with Crippen molar-refractivity contribution in [3.8, 4) is 11.1 Å². The molecule has 4 aromatic rings. The largest absolute Gasteiger partial charge is 0.411 e. The van der Waals surface area contributed by atoms with E-state index in [2.05, 4.69) is 5.16 Å². The smallest absolute Gasteiger partial charge is 0.250 e. The van der Waals surface area contributed by atoms with E-state index in [1.807, 2.05) is 49.4 Å². The molecule has 37 heavy (non-hydrogen) atoms. The monoisotopic (exact) mass is 535 g/mol. The van der Waals surface area contributed by atoms with Crippen LogP contribution in [0.15, 0.2) is 99.9 Å². The van der Waals surface area contributed by atoms with Gasteiger partial charge in [-0.15, -0.1) is 5.16 Å². The number of hydrogen-bond acceptors (Lipinski definition) is 5. The summed E-state index contributed by atoms with van der Waals surface area (Å²) in [6.07, 6.45) is 3.55. The second-order valence-corrected chi connectivity index (χ2v) is 10.9. The first-order valence-electron chi connectivity index (χ1n) is 11.4. The van der Waals surface area contributed by atoms with Crippen molar-refractivity contribution < 1.29 is 13.6 Å². The SMILES string of the molecule is Cc1cc(Cl)ccc1C(CC=NO)(c1ccc(-c2ccc(S(N)(=O)=O)cc2)cc1)c1ccc(=O)n(C)c1. The van der Waals surface area contributed by atoms with Crippen molar-refractivity contribution in [2.24, 2.45) is 17.3 Å². The fourth-order valence-electron chi connectivity index (χ4n) is 4.74. The number of primary sulfonamides is 1. The van der Waals surface area contributed by atoms with Crippen LogP contribution in [0.5, 0.6) is 0 Å². The van der Waals surface area contributed by atoms with Gasteiger partial charge in [-0.1, -0.05) is 60.1 Å². The van der Waals surface area contributed by atoms with Gasteiger partial charge in [0.1, 0.15) is 0 Å². The first kappa shape index (κ1) is 26.3. The first-order chi connectivity index (χ1) is 17.6. The lowest BCUT2D eigenvalue weighted by Gasteiger charge is -2.36. The number of nitrogens with two attached hydrogens (primary N) is 1. The number of rotatable bonds is 7. The van der Waals surface area contributed by atoms with E-state index in [1.165, 1.54) is 29.0 Å². The normalized spacial score (nSPS) is 13.5. The molecular formula is C28H26ClN3O4S. The molecule has 1 heterocycles. The molecule has 0 aliphatic heterocycles. The topological polar surface area (TPSA) is 115 Å². The minimum Gasteiger partial charge on any atom is -0.411 e. The molecule has 7 nitrogen and oxygen atoms in total. The molecule has 0 fully saturated rings. The van der Waals surface area contributed by atoms with Crippen molar-refractivity contribution in [3.63, 3.8) is 0 Å². The lowest BCUT2D eigenvalue weighted by molar-refractivity contribution is 0.319. The van der Waals surface area contributed by atoms with E-state index in [0.717, 1.165) is 33.4 Å². The van der Waals surface area contributed by atoms with Gasteiger partial charge in [0.05, 0.1) is 10.3 Å². The van der Waals surface area contributed by atoms with E-state index in [-0.39, 0.29) is 10.5 Å². The summed E-state index contributed by atoms with van der Waals surface area (Å²) >= 11 is 6.28. The van der Waals surface area contributed by atoms with E-state index in [0.29, 0.717) is 11.4 Å². The Morgan fingerprint density at radius 2 is 1.57 bits per heavy atom. The van der Waals surface area contributed by atoms with Crippen molar-refractivity contribution in [1.29, 1.82) is 0 Å². The van der Waals surface area contributed by atoms with Gasteiger partial charge in [-0.3, -0.25) is 4.79 Å². The van der Waals surface area contributed by atoms with Gasteiger partial charge in [0.2, 0.25) is 15.6 Å². The van der Waals surface area contributed by atoms with Crippen LogP contribution >= 0.6 is 11.6 Å². The molecule has 1 unspecified atom stereocenters. The molecule has 0 radical (unpaired) electrons. The molecule has 0 saturated carbocycles. The maximum Gasteiger partial charge on any atom is 0.250 e. The van der Waals surface area contributed by atoms with Crippen LogP contribution in [0.2, 0.25) is 5.02 Å². The second kappa shape index (κ2) is 10.3. The van der Waals surface area contributed by atoms with Gasteiger partial charge >= 0.3 is 0 Å². The Morgan fingerprint density at radius 1 is 0.973 bits per heavy atom. The molecule has 0 amide bonds. The number of benzene rings is 3. The van der Waals surface area contributed by atoms with Crippen LogP contribution < -0.4 is 10.7 Å². The maximum atomic E-state index is 12.2. The fraction of sp³-hybridized carbons (Fsp3) is 0.143. The molecule has 1 aromatic heterocycles. The zero-order valence-corrected chi connectivity index (χ0v) is 21.9. The molecule has 0 aliphatic rings. The Morgan fingerprint density at radius 3 is 2.11 bits per heavy atom. The number of nitrogens with zero attached hydrogens (tertiary/aromatic N) is 2. The zero-order chi connectivity index (χ0) is 26.8. The zero-order valence-electron chi connectivity index (χ0n) is 20.3. The second-order valence-electron chi connectivity index (χ2n) is 8.88. The minimum absolute atomic E-state index is 0.0445. The van der Waals surface area contributed by atoms with Crippen LogP contribution in [0, 0.1) is 6.92 Å². The molecule has 3 aromatic carbocycles. The number of halogens is 1. The third kappa shape index (κ3) is 5.22. The first-order valence-corrected chi connectivity index (χ1v) is 13.3. The van der Waals surface area contributed by atoms with Gasteiger partial charge in [0.25, 0.3) is 0 Å². The van der Waals surface area contributed by atoms with Gasteiger partial charge in [0.15, 0.2) is 0 Å². The highest BCUT2D eigenvalue weighted by Gasteiger charge is 2.37. The van der Waals surface area contributed by atoms with Gasteiger partial charge in [-0.2, -0.15) is 0 Å². The molecule has 9 heteroatoms. The summed E-state index contributed by atoms with van der Waals surface area (Å²) in [6, 6.07) is 23.2. The van der Waals surface area contributed by atoms with Crippen molar-refractivity contribution in [3.05, 3.63) is 123 Å². The number of hydrogen-bond donors (Lipinski definition) is 2. The Bertz CT molecular complexity index is 1630. The number of aryl methyl sites for hydroxylation is 2. The molecule has 1 atom stereocenters. The average molecular weight is 536 g/mol. The van der Waals surface area contributed by atoms with Crippen molar-refractivity contribution in [1.82, 2.24) is 4.57 Å². The van der Waals surface area contributed by atoms with Crippen LogP contribution in [-0.2, 0) is 22.5 Å². The lowest BCUT2D eigenvalue weighted by Crippen LogP contribution is -2.32. The summed E-state index contributed by atoms with van der Waals surface area (Å²) < 4.78 is 24.7. The highest BCUT2D eigenvalue weighted by atomic mass is 35.5. The summed E-state index contributed by atoms with van der Waals surface area (Å²) in [5.74, 6) is 0. The standard InChI is InChI=1S/C28H26ClN3O4S/c1-19-17-24(29)10-13-26(19)28(15-16-31-34,23-9-14-27(33)32(2)18-23)22-7-3-20(4-8-22)21-5-11-25(12-6-21)37(30,35)36/h3-14,16-18,34H,15H2,1-2H3,(H2,30,35,36). The summed E-state index contributed by atoms with van der Waals surface area (Å²) in [4.78, 5) is 12.3. The molecule has 4 rings (SSSR count). The summed E-state index contributed by atoms with van der Waals surface area (Å²) in [6.45, 7) is 1.97.